The summed E-state index contributed by atoms with van der Waals surface area (Å²) in [5.41, 5.74) is 6.88. The van der Waals surface area contributed by atoms with E-state index >= 15 is 0 Å². The zero-order chi connectivity index (χ0) is 9.49. The Morgan fingerprint density at radius 2 is 1.50 bits per heavy atom. The first-order valence-electron chi connectivity index (χ1n) is 4.11. The Bertz CT molecular complexity index is 76.3. The molecule has 0 aromatic carbocycles. The van der Waals surface area contributed by atoms with Crippen molar-refractivity contribution in [3.05, 3.63) is 5.73 Å². The van der Waals surface area contributed by atoms with E-state index in [-0.39, 0.29) is 38.8 Å². The van der Waals surface area contributed by atoms with Gasteiger partial charge >= 0.3 is 0 Å². The summed E-state index contributed by atoms with van der Waals surface area (Å²) >= 11 is 0. The third kappa shape index (κ3) is 43.9. The van der Waals surface area contributed by atoms with Crippen molar-refractivity contribution in [2.75, 3.05) is 6.61 Å². The van der Waals surface area contributed by atoms with Gasteiger partial charge < -0.3 is 10.8 Å². The molecule has 0 amide bonds. The molecule has 0 aliphatic rings. The summed E-state index contributed by atoms with van der Waals surface area (Å²) < 4.78 is 0. The van der Waals surface area contributed by atoms with Gasteiger partial charge in [0.15, 0.2) is 0 Å². The molecule has 0 aliphatic carbocycles. The SMILES string of the molecule is CC(C)(C)CCO.CC(C)[NH-].[Y]. The third-order valence-corrected chi connectivity index (χ3v) is 0.862. The molecule has 0 atom stereocenters. The monoisotopic (exact) mass is 249 g/mol. The summed E-state index contributed by atoms with van der Waals surface area (Å²) in [6.07, 6.45) is 0.896. The minimum atomic E-state index is 0. The molecule has 0 rings (SSSR count). The molecule has 0 spiro atoms. The molecule has 2 N–H and O–H groups in total. The summed E-state index contributed by atoms with van der Waals surface area (Å²) in [7, 11) is 0. The van der Waals surface area contributed by atoms with Crippen LogP contribution in [0.5, 0.6) is 0 Å². The van der Waals surface area contributed by atoms with Crippen LogP contribution in [-0.2, 0) is 32.7 Å². The average Bonchev–Trinajstić information content (AvgIpc) is 1.58. The molecule has 0 heterocycles. The van der Waals surface area contributed by atoms with Gasteiger partial charge in [-0.3, -0.25) is 0 Å². The van der Waals surface area contributed by atoms with E-state index in [4.69, 9.17) is 10.8 Å². The van der Waals surface area contributed by atoms with Crippen LogP contribution in [0.15, 0.2) is 0 Å². The van der Waals surface area contributed by atoms with E-state index in [2.05, 4.69) is 20.8 Å². The quantitative estimate of drug-likeness (QED) is 0.763. The first-order chi connectivity index (χ1) is 4.79. The Labute approximate surface area is 102 Å². The minimum absolute atomic E-state index is 0. The van der Waals surface area contributed by atoms with Gasteiger partial charge in [0.25, 0.3) is 0 Å². The summed E-state index contributed by atoms with van der Waals surface area (Å²) in [5.74, 6) is 0. The topological polar surface area (TPSA) is 44.0 Å². The van der Waals surface area contributed by atoms with Crippen LogP contribution in [0.1, 0.15) is 41.0 Å². The van der Waals surface area contributed by atoms with Crippen LogP contribution in [0, 0.1) is 5.41 Å². The van der Waals surface area contributed by atoms with Crippen LogP contribution >= 0.6 is 0 Å². The van der Waals surface area contributed by atoms with E-state index in [1.165, 1.54) is 0 Å². The number of hydrogen-bond acceptors (Lipinski definition) is 1. The smallest absolute Gasteiger partial charge is 0.0436 e. The van der Waals surface area contributed by atoms with Gasteiger partial charge in [-0.05, 0) is 11.8 Å². The summed E-state index contributed by atoms with van der Waals surface area (Å²) in [6, 6.07) is 0.0833. The second-order valence-corrected chi connectivity index (χ2v) is 4.19. The van der Waals surface area contributed by atoms with Crippen LogP contribution in [0.2, 0.25) is 0 Å². The summed E-state index contributed by atoms with van der Waals surface area (Å²) in [5, 5.41) is 8.40. The van der Waals surface area contributed by atoms with Gasteiger partial charge in [0.05, 0.1) is 0 Å². The van der Waals surface area contributed by atoms with E-state index < -0.39 is 0 Å². The molecular weight excluding hydrogens is 227 g/mol. The molecule has 1 radical (unpaired) electrons. The second-order valence-electron chi connectivity index (χ2n) is 4.19. The maximum atomic E-state index is 8.40. The van der Waals surface area contributed by atoms with Gasteiger partial charge in [0.1, 0.15) is 0 Å². The van der Waals surface area contributed by atoms with E-state index in [1.807, 2.05) is 13.8 Å². The Morgan fingerprint density at radius 1 is 1.25 bits per heavy atom. The maximum absolute atomic E-state index is 8.40. The fraction of sp³-hybridized carbons (Fsp3) is 1.00. The molecule has 73 valence electrons. The number of nitrogens with one attached hydrogen (secondary N) is 1. The molecule has 0 saturated carbocycles. The molecule has 0 saturated heterocycles. The Morgan fingerprint density at radius 3 is 1.50 bits per heavy atom. The van der Waals surface area contributed by atoms with E-state index in [0.717, 1.165) is 6.42 Å². The molecule has 2 nitrogen and oxygen atoms in total. The van der Waals surface area contributed by atoms with E-state index in [9.17, 15) is 0 Å². The van der Waals surface area contributed by atoms with Crippen LogP contribution < -0.4 is 0 Å². The number of aliphatic hydroxyl groups excluding tert-OH is 1. The Balaban J connectivity index is -0.000000142. The van der Waals surface area contributed by atoms with Crippen molar-refractivity contribution in [1.82, 2.24) is 0 Å². The van der Waals surface area contributed by atoms with Gasteiger partial charge in [-0.1, -0.05) is 34.6 Å². The zero-order valence-corrected chi connectivity index (χ0v) is 11.9. The minimum Gasteiger partial charge on any atom is -0.675 e. The third-order valence-electron chi connectivity index (χ3n) is 0.862. The van der Waals surface area contributed by atoms with Crippen molar-refractivity contribution < 1.29 is 37.8 Å². The van der Waals surface area contributed by atoms with Crippen molar-refractivity contribution in [3.63, 3.8) is 0 Å². The predicted octanol–water partition coefficient (Wildman–Crippen LogP) is 2.86. The molecule has 0 bridgehead atoms. The molecule has 0 fully saturated rings. The van der Waals surface area contributed by atoms with Gasteiger partial charge in [-0.15, -0.1) is 6.04 Å². The molecular formula is C9H22NOY-. The van der Waals surface area contributed by atoms with E-state index in [0.29, 0.717) is 12.0 Å². The molecule has 0 unspecified atom stereocenters. The summed E-state index contributed by atoms with van der Waals surface area (Å²) in [4.78, 5) is 0. The molecule has 0 aromatic rings. The number of hydrogen-bond donors (Lipinski definition) is 1. The first-order valence-corrected chi connectivity index (χ1v) is 4.11. The fourth-order valence-electron chi connectivity index (χ4n) is 0.335. The van der Waals surface area contributed by atoms with Crippen LogP contribution in [0.25, 0.3) is 5.73 Å². The first kappa shape index (κ1) is 18.7. The normalized spacial score (nSPS) is 10.0. The molecule has 3 heteroatoms. The predicted molar refractivity (Wildman–Crippen MR) is 50.6 cm³/mol. The van der Waals surface area contributed by atoms with Crippen LogP contribution in [0.4, 0.5) is 0 Å². The largest absolute Gasteiger partial charge is 0.675 e. The summed E-state index contributed by atoms with van der Waals surface area (Å²) in [6.45, 7) is 10.3. The second kappa shape index (κ2) is 10.1. The standard InChI is InChI=1S/C6H14O.C3H8N.Y/c1-6(2,3)4-5-7;1-3(2)4;/h7H,4-5H2,1-3H3;3-4H,1-2H3;/q;-1;. The molecule has 0 aliphatic heterocycles. The van der Waals surface area contributed by atoms with Gasteiger partial charge in [-0.25, -0.2) is 0 Å². The Kier molecular flexibility index (Phi) is 15.8. The van der Waals surface area contributed by atoms with Crippen molar-refractivity contribution in [1.29, 1.82) is 0 Å². The average molecular weight is 249 g/mol. The molecule has 0 aromatic heterocycles. The van der Waals surface area contributed by atoms with Crippen LogP contribution in [0.3, 0.4) is 0 Å². The van der Waals surface area contributed by atoms with Crippen molar-refractivity contribution in [2.45, 2.75) is 47.1 Å². The van der Waals surface area contributed by atoms with Crippen molar-refractivity contribution in [3.8, 4) is 0 Å². The number of rotatable bonds is 1. The Hall–Kier alpha value is 1.02. The fourth-order valence-corrected chi connectivity index (χ4v) is 0.335. The number of aliphatic hydroxyl groups is 1. The van der Waals surface area contributed by atoms with Gasteiger partial charge in [0, 0.05) is 39.3 Å². The maximum Gasteiger partial charge on any atom is 0.0436 e. The van der Waals surface area contributed by atoms with Gasteiger partial charge in [0.2, 0.25) is 0 Å². The molecule has 12 heavy (non-hydrogen) atoms. The van der Waals surface area contributed by atoms with E-state index in [1.54, 1.807) is 0 Å². The van der Waals surface area contributed by atoms with Gasteiger partial charge in [-0.2, -0.15) is 0 Å². The zero-order valence-electron chi connectivity index (χ0n) is 9.02. The van der Waals surface area contributed by atoms with Crippen molar-refractivity contribution in [2.24, 2.45) is 5.41 Å². The van der Waals surface area contributed by atoms with Crippen molar-refractivity contribution >= 4 is 0 Å². The van der Waals surface area contributed by atoms with Crippen LogP contribution in [-0.4, -0.2) is 17.8 Å².